The van der Waals surface area contributed by atoms with Gasteiger partial charge in [-0.1, -0.05) is 13.8 Å². The van der Waals surface area contributed by atoms with Crippen LogP contribution in [0.4, 0.5) is 0 Å². The van der Waals surface area contributed by atoms with Crippen molar-refractivity contribution in [3.63, 3.8) is 0 Å². The molecule has 1 fully saturated rings. The molecular formula is C11H24N2OS. The van der Waals surface area contributed by atoms with Crippen molar-refractivity contribution in [3.8, 4) is 0 Å². The fourth-order valence-electron chi connectivity index (χ4n) is 1.75. The zero-order chi connectivity index (χ0) is 11.1. The normalized spacial score (nSPS) is 23.6. The molecule has 1 aliphatic heterocycles. The number of nitrogens with zero attached hydrogens (tertiary/aromatic N) is 1. The van der Waals surface area contributed by atoms with Crippen LogP contribution in [0.15, 0.2) is 0 Å². The van der Waals surface area contributed by atoms with Gasteiger partial charge >= 0.3 is 0 Å². The van der Waals surface area contributed by atoms with Crippen molar-refractivity contribution in [2.45, 2.75) is 25.9 Å². The first-order chi connectivity index (χ1) is 7.24. The van der Waals surface area contributed by atoms with Crippen molar-refractivity contribution in [2.75, 3.05) is 44.9 Å². The summed E-state index contributed by atoms with van der Waals surface area (Å²) in [6.45, 7) is 9.48. The maximum absolute atomic E-state index is 5.54. The molecular weight excluding hydrogens is 208 g/mol. The predicted octanol–water partition coefficient (Wildman–Crippen LogP) is 1.05. The highest BCUT2D eigenvalue weighted by Crippen LogP contribution is 2.07. The van der Waals surface area contributed by atoms with Crippen molar-refractivity contribution in [1.29, 1.82) is 0 Å². The van der Waals surface area contributed by atoms with Crippen LogP contribution < -0.4 is 5.32 Å². The van der Waals surface area contributed by atoms with Crippen molar-refractivity contribution in [2.24, 2.45) is 0 Å². The molecule has 0 amide bonds. The van der Waals surface area contributed by atoms with E-state index in [9.17, 15) is 0 Å². The zero-order valence-corrected chi connectivity index (χ0v) is 11.0. The minimum Gasteiger partial charge on any atom is -0.378 e. The summed E-state index contributed by atoms with van der Waals surface area (Å²) >= 11 is 1.92. The molecule has 1 unspecified atom stereocenters. The van der Waals surface area contributed by atoms with E-state index in [0.29, 0.717) is 12.1 Å². The van der Waals surface area contributed by atoms with E-state index in [4.69, 9.17) is 4.74 Å². The summed E-state index contributed by atoms with van der Waals surface area (Å²) in [5.74, 6) is 1.22. The molecule has 0 aromatic rings. The van der Waals surface area contributed by atoms with E-state index in [-0.39, 0.29) is 0 Å². The van der Waals surface area contributed by atoms with Crippen molar-refractivity contribution in [1.82, 2.24) is 10.2 Å². The number of thioether (sulfide) groups is 1. The standard InChI is InChI=1S/C11H24N2OS/c1-10(2)12-8-11-9-14-6-4-13(11)5-7-15-3/h10-12H,4-9H2,1-3H3. The Balaban J connectivity index is 2.29. The fraction of sp³-hybridized carbons (Fsp3) is 1.00. The Labute approximate surface area is 97.9 Å². The quantitative estimate of drug-likeness (QED) is 0.740. The predicted molar refractivity (Wildman–Crippen MR) is 67.7 cm³/mol. The fourth-order valence-corrected chi connectivity index (χ4v) is 2.17. The number of rotatable bonds is 6. The molecule has 1 heterocycles. The van der Waals surface area contributed by atoms with Crippen LogP contribution >= 0.6 is 11.8 Å². The Kier molecular flexibility index (Phi) is 6.64. The number of hydrogen-bond donors (Lipinski definition) is 1. The largest absolute Gasteiger partial charge is 0.378 e. The lowest BCUT2D eigenvalue weighted by molar-refractivity contribution is -0.00413. The first kappa shape index (κ1) is 13.3. The lowest BCUT2D eigenvalue weighted by Crippen LogP contribution is -2.51. The van der Waals surface area contributed by atoms with Crippen molar-refractivity contribution >= 4 is 11.8 Å². The summed E-state index contributed by atoms with van der Waals surface area (Å²) in [5, 5.41) is 3.49. The van der Waals surface area contributed by atoms with Gasteiger partial charge in [0, 0.05) is 37.5 Å². The van der Waals surface area contributed by atoms with Crippen LogP contribution in [-0.4, -0.2) is 61.8 Å². The molecule has 0 spiro atoms. The van der Waals surface area contributed by atoms with Gasteiger partial charge in [-0.2, -0.15) is 11.8 Å². The maximum Gasteiger partial charge on any atom is 0.0634 e. The van der Waals surface area contributed by atoms with Crippen molar-refractivity contribution < 1.29 is 4.74 Å². The molecule has 1 N–H and O–H groups in total. The van der Waals surface area contributed by atoms with Gasteiger partial charge in [0.15, 0.2) is 0 Å². The van der Waals surface area contributed by atoms with E-state index in [1.165, 1.54) is 12.3 Å². The van der Waals surface area contributed by atoms with Crippen LogP contribution in [0.2, 0.25) is 0 Å². The molecule has 1 rings (SSSR count). The van der Waals surface area contributed by atoms with Crippen LogP contribution in [0.1, 0.15) is 13.8 Å². The summed E-state index contributed by atoms with van der Waals surface area (Å²) in [6.07, 6.45) is 2.17. The maximum atomic E-state index is 5.54. The van der Waals surface area contributed by atoms with Gasteiger partial charge < -0.3 is 10.1 Å². The Morgan fingerprint density at radius 2 is 2.33 bits per heavy atom. The second-order valence-electron chi connectivity index (χ2n) is 4.32. The molecule has 1 saturated heterocycles. The second kappa shape index (κ2) is 7.49. The van der Waals surface area contributed by atoms with Crippen LogP contribution in [0.5, 0.6) is 0 Å². The second-order valence-corrected chi connectivity index (χ2v) is 5.31. The number of morpholine rings is 1. The lowest BCUT2D eigenvalue weighted by Gasteiger charge is -2.36. The van der Waals surface area contributed by atoms with E-state index >= 15 is 0 Å². The van der Waals surface area contributed by atoms with Gasteiger partial charge in [0.1, 0.15) is 0 Å². The van der Waals surface area contributed by atoms with Crippen LogP contribution in [0.25, 0.3) is 0 Å². The third kappa shape index (κ3) is 5.20. The van der Waals surface area contributed by atoms with Crippen LogP contribution in [0, 0.1) is 0 Å². The summed E-state index contributed by atoms with van der Waals surface area (Å²) in [5.41, 5.74) is 0. The minimum atomic E-state index is 0.563. The van der Waals surface area contributed by atoms with Gasteiger partial charge in [0.25, 0.3) is 0 Å². The summed E-state index contributed by atoms with van der Waals surface area (Å²) in [6, 6.07) is 1.13. The molecule has 0 bridgehead atoms. The third-order valence-electron chi connectivity index (χ3n) is 2.69. The molecule has 0 aliphatic carbocycles. The molecule has 1 aliphatic rings. The molecule has 0 radical (unpaired) electrons. The Hall–Kier alpha value is 0.230. The SMILES string of the molecule is CSCCN1CCOCC1CNC(C)C. The summed E-state index contributed by atoms with van der Waals surface area (Å²) in [7, 11) is 0. The monoisotopic (exact) mass is 232 g/mol. The molecule has 0 aromatic carbocycles. The van der Waals surface area contributed by atoms with Gasteiger partial charge in [-0.25, -0.2) is 0 Å². The molecule has 90 valence electrons. The van der Waals surface area contributed by atoms with Gasteiger partial charge in [0.2, 0.25) is 0 Å². The van der Waals surface area contributed by atoms with Crippen LogP contribution in [-0.2, 0) is 4.74 Å². The average molecular weight is 232 g/mol. The van der Waals surface area contributed by atoms with Gasteiger partial charge in [-0.15, -0.1) is 0 Å². The first-order valence-corrected chi connectivity index (χ1v) is 7.17. The van der Waals surface area contributed by atoms with Gasteiger partial charge in [-0.05, 0) is 6.26 Å². The van der Waals surface area contributed by atoms with E-state index in [1.54, 1.807) is 0 Å². The number of nitrogens with one attached hydrogen (secondary N) is 1. The Morgan fingerprint density at radius 1 is 1.53 bits per heavy atom. The van der Waals surface area contributed by atoms with E-state index < -0.39 is 0 Å². The first-order valence-electron chi connectivity index (χ1n) is 5.78. The summed E-state index contributed by atoms with van der Waals surface area (Å²) in [4.78, 5) is 2.55. The van der Waals surface area contributed by atoms with Crippen LogP contribution in [0.3, 0.4) is 0 Å². The average Bonchev–Trinajstić information content (AvgIpc) is 2.24. The smallest absolute Gasteiger partial charge is 0.0634 e. The third-order valence-corrected chi connectivity index (χ3v) is 3.28. The Morgan fingerprint density at radius 3 is 3.00 bits per heavy atom. The summed E-state index contributed by atoms with van der Waals surface area (Å²) < 4.78 is 5.54. The van der Waals surface area contributed by atoms with Crippen molar-refractivity contribution in [3.05, 3.63) is 0 Å². The zero-order valence-electron chi connectivity index (χ0n) is 10.2. The highest BCUT2D eigenvalue weighted by Gasteiger charge is 2.22. The molecule has 3 nitrogen and oxygen atoms in total. The number of ether oxygens (including phenoxy) is 1. The highest BCUT2D eigenvalue weighted by atomic mass is 32.2. The molecule has 4 heteroatoms. The highest BCUT2D eigenvalue weighted by molar-refractivity contribution is 7.98. The molecule has 15 heavy (non-hydrogen) atoms. The number of hydrogen-bond acceptors (Lipinski definition) is 4. The van der Waals surface area contributed by atoms with E-state index in [0.717, 1.165) is 26.3 Å². The topological polar surface area (TPSA) is 24.5 Å². The van der Waals surface area contributed by atoms with E-state index in [1.807, 2.05) is 11.8 Å². The van der Waals surface area contributed by atoms with Gasteiger partial charge in [0.05, 0.1) is 13.2 Å². The Bertz CT molecular complexity index is 167. The lowest BCUT2D eigenvalue weighted by atomic mass is 10.2. The van der Waals surface area contributed by atoms with Gasteiger partial charge in [-0.3, -0.25) is 4.90 Å². The van der Waals surface area contributed by atoms with E-state index in [2.05, 4.69) is 30.3 Å². The molecule has 0 aromatic heterocycles. The molecule has 0 saturated carbocycles. The minimum absolute atomic E-state index is 0.563. The molecule has 1 atom stereocenters.